The molecule has 0 unspecified atom stereocenters. The number of nitrogens with one attached hydrogen (secondary N) is 2. The van der Waals surface area contributed by atoms with Crippen LogP contribution in [-0.4, -0.2) is 11.8 Å². The van der Waals surface area contributed by atoms with E-state index in [1.165, 1.54) is 25.1 Å². The van der Waals surface area contributed by atoms with Gasteiger partial charge in [-0.15, -0.1) is 0 Å². The Morgan fingerprint density at radius 3 is 2.23 bits per heavy atom. The first-order valence-electron chi connectivity index (χ1n) is 6.52. The van der Waals surface area contributed by atoms with Crippen LogP contribution in [0, 0.1) is 12.7 Å². The third kappa shape index (κ3) is 3.43. The van der Waals surface area contributed by atoms with E-state index < -0.39 is 11.7 Å². The quantitative estimate of drug-likeness (QED) is 0.898. The van der Waals surface area contributed by atoms with Crippen molar-refractivity contribution in [3.63, 3.8) is 0 Å². The number of halogens is 2. The van der Waals surface area contributed by atoms with Crippen LogP contribution in [0.25, 0.3) is 0 Å². The molecular weight excluding hydrogens is 307 g/mol. The van der Waals surface area contributed by atoms with Gasteiger partial charge in [-0.3, -0.25) is 9.59 Å². The van der Waals surface area contributed by atoms with Crippen LogP contribution in [0.3, 0.4) is 0 Å². The molecule has 6 heteroatoms. The fourth-order valence-corrected chi connectivity index (χ4v) is 2.24. The van der Waals surface area contributed by atoms with Crippen LogP contribution in [0.1, 0.15) is 22.8 Å². The summed E-state index contributed by atoms with van der Waals surface area (Å²) in [5, 5.41) is 5.30. The van der Waals surface area contributed by atoms with Crippen molar-refractivity contribution in [1.82, 2.24) is 0 Å². The van der Waals surface area contributed by atoms with E-state index in [4.69, 9.17) is 11.6 Å². The lowest BCUT2D eigenvalue weighted by Gasteiger charge is -2.13. The van der Waals surface area contributed by atoms with E-state index in [0.717, 1.165) is 0 Å². The number of amides is 2. The molecule has 0 atom stereocenters. The van der Waals surface area contributed by atoms with Gasteiger partial charge in [-0.1, -0.05) is 23.7 Å². The zero-order valence-electron chi connectivity index (χ0n) is 12.0. The molecule has 0 aliphatic heterocycles. The third-order valence-corrected chi connectivity index (χ3v) is 3.40. The summed E-state index contributed by atoms with van der Waals surface area (Å²) in [4.78, 5) is 23.4. The molecule has 0 bridgehead atoms. The molecule has 4 nitrogen and oxygen atoms in total. The largest absolute Gasteiger partial charge is 0.326 e. The minimum Gasteiger partial charge on any atom is -0.326 e. The van der Waals surface area contributed by atoms with Crippen molar-refractivity contribution in [1.29, 1.82) is 0 Å². The molecule has 2 N–H and O–H groups in total. The number of anilines is 2. The van der Waals surface area contributed by atoms with Gasteiger partial charge in [0.05, 0.1) is 10.6 Å². The average molecular weight is 321 g/mol. The highest BCUT2D eigenvalue weighted by Crippen LogP contribution is 2.25. The number of hydrogen-bond donors (Lipinski definition) is 2. The SMILES string of the molecule is CC(=O)Nc1cccc(NC(=O)c2c(F)cccc2Cl)c1C. The van der Waals surface area contributed by atoms with Crippen molar-refractivity contribution >= 4 is 34.8 Å². The number of rotatable bonds is 3. The molecule has 0 aliphatic carbocycles. The van der Waals surface area contributed by atoms with Crippen molar-refractivity contribution in [2.75, 3.05) is 10.6 Å². The van der Waals surface area contributed by atoms with Crippen LogP contribution >= 0.6 is 11.6 Å². The zero-order chi connectivity index (χ0) is 16.3. The standard InChI is InChI=1S/C16H14ClFN2O2/c1-9-13(19-10(2)21)7-4-8-14(9)20-16(22)15-11(17)5-3-6-12(15)18/h3-8H,1-2H3,(H,19,21)(H,20,22). The second-order valence-corrected chi connectivity index (χ2v) is 5.12. The summed E-state index contributed by atoms with van der Waals surface area (Å²) < 4.78 is 13.8. The van der Waals surface area contributed by atoms with Gasteiger partial charge in [-0.25, -0.2) is 4.39 Å². The molecule has 0 heterocycles. The lowest BCUT2D eigenvalue weighted by Crippen LogP contribution is -2.16. The predicted molar refractivity (Wildman–Crippen MR) is 84.8 cm³/mol. The summed E-state index contributed by atoms with van der Waals surface area (Å²) in [6.45, 7) is 3.13. The minimum atomic E-state index is -0.694. The molecule has 0 spiro atoms. The maximum Gasteiger partial charge on any atom is 0.260 e. The maximum atomic E-state index is 13.8. The van der Waals surface area contributed by atoms with Gasteiger partial charge in [0.15, 0.2) is 0 Å². The average Bonchev–Trinajstić information content (AvgIpc) is 2.42. The van der Waals surface area contributed by atoms with Gasteiger partial charge in [0.2, 0.25) is 5.91 Å². The highest BCUT2D eigenvalue weighted by molar-refractivity contribution is 6.34. The van der Waals surface area contributed by atoms with Crippen molar-refractivity contribution < 1.29 is 14.0 Å². The van der Waals surface area contributed by atoms with Gasteiger partial charge in [-0.05, 0) is 36.8 Å². The Hall–Kier alpha value is -2.40. The molecule has 0 radical (unpaired) electrons. The maximum absolute atomic E-state index is 13.8. The van der Waals surface area contributed by atoms with Crippen LogP contribution in [0.4, 0.5) is 15.8 Å². The number of hydrogen-bond acceptors (Lipinski definition) is 2. The molecular formula is C16H14ClFN2O2. The Morgan fingerprint density at radius 2 is 1.64 bits per heavy atom. The summed E-state index contributed by atoms with van der Waals surface area (Å²) in [6.07, 6.45) is 0. The Morgan fingerprint density at radius 1 is 1.05 bits per heavy atom. The molecule has 22 heavy (non-hydrogen) atoms. The van der Waals surface area contributed by atoms with Crippen molar-refractivity contribution in [2.24, 2.45) is 0 Å². The second kappa shape index (κ2) is 6.58. The molecule has 0 aliphatic rings. The molecule has 0 saturated heterocycles. The first-order valence-corrected chi connectivity index (χ1v) is 6.90. The van der Waals surface area contributed by atoms with E-state index in [9.17, 15) is 14.0 Å². The van der Waals surface area contributed by atoms with E-state index in [0.29, 0.717) is 16.9 Å². The highest BCUT2D eigenvalue weighted by atomic mass is 35.5. The third-order valence-electron chi connectivity index (χ3n) is 3.08. The normalized spacial score (nSPS) is 10.2. The molecule has 2 aromatic carbocycles. The van der Waals surface area contributed by atoms with Crippen LogP contribution in [-0.2, 0) is 4.79 Å². The summed E-state index contributed by atoms with van der Waals surface area (Å²) in [7, 11) is 0. The lowest BCUT2D eigenvalue weighted by molar-refractivity contribution is -0.114. The van der Waals surface area contributed by atoms with Gasteiger partial charge in [0.1, 0.15) is 5.82 Å². The topological polar surface area (TPSA) is 58.2 Å². The molecule has 0 aromatic heterocycles. The summed E-state index contributed by atoms with van der Waals surface area (Å²) in [5.74, 6) is -1.56. The number of carbonyl (C=O) groups excluding carboxylic acids is 2. The van der Waals surface area contributed by atoms with Gasteiger partial charge in [-0.2, -0.15) is 0 Å². The van der Waals surface area contributed by atoms with E-state index in [-0.39, 0.29) is 16.5 Å². The smallest absolute Gasteiger partial charge is 0.260 e. The highest BCUT2D eigenvalue weighted by Gasteiger charge is 2.17. The van der Waals surface area contributed by atoms with Crippen molar-refractivity contribution in [3.05, 3.63) is 58.4 Å². The van der Waals surface area contributed by atoms with Gasteiger partial charge < -0.3 is 10.6 Å². The van der Waals surface area contributed by atoms with Crippen molar-refractivity contribution in [2.45, 2.75) is 13.8 Å². The van der Waals surface area contributed by atoms with Gasteiger partial charge in [0.25, 0.3) is 5.91 Å². The summed E-state index contributed by atoms with van der Waals surface area (Å²) in [6, 6.07) is 9.09. The van der Waals surface area contributed by atoms with E-state index in [1.807, 2.05) is 0 Å². The number of benzene rings is 2. The van der Waals surface area contributed by atoms with Gasteiger partial charge in [0, 0.05) is 18.3 Å². The molecule has 114 valence electrons. The van der Waals surface area contributed by atoms with Gasteiger partial charge >= 0.3 is 0 Å². The Balaban J connectivity index is 2.31. The molecule has 2 amide bonds. The predicted octanol–water partition coefficient (Wildman–Crippen LogP) is 4.00. The lowest BCUT2D eigenvalue weighted by atomic mass is 10.1. The zero-order valence-corrected chi connectivity index (χ0v) is 12.8. The first-order chi connectivity index (χ1) is 10.4. The minimum absolute atomic E-state index is 0.0353. The van der Waals surface area contributed by atoms with Crippen LogP contribution in [0.2, 0.25) is 5.02 Å². The Kier molecular flexibility index (Phi) is 4.78. The van der Waals surface area contributed by atoms with E-state index >= 15 is 0 Å². The second-order valence-electron chi connectivity index (χ2n) is 4.71. The first kappa shape index (κ1) is 16.0. The molecule has 2 aromatic rings. The fraction of sp³-hybridized carbons (Fsp3) is 0.125. The summed E-state index contributed by atoms with van der Waals surface area (Å²) >= 11 is 5.87. The van der Waals surface area contributed by atoms with Crippen molar-refractivity contribution in [3.8, 4) is 0 Å². The molecule has 2 rings (SSSR count). The Labute approximate surface area is 132 Å². The number of carbonyl (C=O) groups is 2. The van der Waals surface area contributed by atoms with E-state index in [1.54, 1.807) is 25.1 Å². The van der Waals surface area contributed by atoms with E-state index in [2.05, 4.69) is 10.6 Å². The monoisotopic (exact) mass is 320 g/mol. The van der Waals surface area contributed by atoms with Crippen LogP contribution < -0.4 is 10.6 Å². The Bertz CT molecular complexity index is 727. The van der Waals surface area contributed by atoms with Crippen LogP contribution in [0.15, 0.2) is 36.4 Å². The molecule has 0 saturated carbocycles. The fourth-order valence-electron chi connectivity index (χ4n) is 2.00. The summed E-state index contributed by atoms with van der Waals surface area (Å²) in [5.41, 5.74) is 1.49. The van der Waals surface area contributed by atoms with Crippen LogP contribution in [0.5, 0.6) is 0 Å². The molecule has 0 fully saturated rings.